The molecule has 0 saturated carbocycles. The number of hydrogen-bond donors (Lipinski definition) is 0. The van der Waals surface area contributed by atoms with Crippen LogP contribution < -0.4 is 0 Å². The van der Waals surface area contributed by atoms with Crippen molar-refractivity contribution in [3.05, 3.63) is 17.5 Å². The first kappa shape index (κ1) is 12.3. The van der Waals surface area contributed by atoms with Crippen molar-refractivity contribution in [1.29, 1.82) is 0 Å². The van der Waals surface area contributed by atoms with Gasteiger partial charge in [-0.15, -0.1) is 0 Å². The molecule has 0 bridgehead atoms. The van der Waals surface area contributed by atoms with Gasteiger partial charge in [-0.3, -0.25) is 4.68 Å². The molecule has 2 heteroatoms. The van der Waals surface area contributed by atoms with Crippen LogP contribution in [0.4, 0.5) is 0 Å². The van der Waals surface area contributed by atoms with E-state index in [2.05, 4.69) is 37.5 Å². The van der Waals surface area contributed by atoms with E-state index in [9.17, 15) is 0 Å². The van der Waals surface area contributed by atoms with Gasteiger partial charge in [0.25, 0.3) is 0 Å². The summed E-state index contributed by atoms with van der Waals surface area (Å²) in [5, 5.41) is 4.47. The van der Waals surface area contributed by atoms with E-state index in [0.29, 0.717) is 0 Å². The lowest BCUT2D eigenvalue weighted by atomic mass is 10.1. The van der Waals surface area contributed by atoms with Crippen molar-refractivity contribution in [2.75, 3.05) is 0 Å². The zero-order valence-corrected chi connectivity index (χ0v) is 10.6. The minimum absolute atomic E-state index is 0.802. The smallest absolute Gasteiger partial charge is 0.0524 e. The maximum absolute atomic E-state index is 4.47. The van der Waals surface area contributed by atoms with Crippen molar-refractivity contribution in [3.8, 4) is 0 Å². The van der Waals surface area contributed by atoms with Gasteiger partial charge in [0, 0.05) is 12.2 Å². The maximum Gasteiger partial charge on any atom is 0.0524 e. The van der Waals surface area contributed by atoms with Crippen LogP contribution in [0.1, 0.15) is 51.8 Å². The molecule has 2 nitrogen and oxygen atoms in total. The van der Waals surface area contributed by atoms with Crippen LogP contribution in [0.2, 0.25) is 0 Å². The average Bonchev–Trinajstić information content (AvgIpc) is 2.59. The van der Waals surface area contributed by atoms with Crippen molar-refractivity contribution in [3.63, 3.8) is 0 Å². The third-order valence-corrected chi connectivity index (χ3v) is 2.90. The van der Waals surface area contributed by atoms with Gasteiger partial charge in [-0.05, 0) is 37.2 Å². The molecule has 0 N–H and O–H groups in total. The largest absolute Gasteiger partial charge is 0.269 e. The first-order chi connectivity index (χ1) is 7.19. The van der Waals surface area contributed by atoms with E-state index < -0.39 is 0 Å². The van der Waals surface area contributed by atoms with E-state index in [1.807, 2.05) is 6.20 Å². The minimum atomic E-state index is 0.802. The van der Waals surface area contributed by atoms with E-state index in [-0.39, 0.29) is 0 Å². The van der Waals surface area contributed by atoms with Crippen molar-refractivity contribution in [2.45, 2.75) is 59.9 Å². The molecule has 0 radical (unpaired) electrons. The predicted molar refractivity (Wildman–Crippen MR) is 65.1 cm³/mol. The van der Waals surface area contributed by atoms with Crippen LogP contribution >= 0.6 is 0 Å². The lowest BCUT2D eigenvalue weighted by molar-refractivity contribution is 0.480. The van der Waals surface area contributed by atoms with Gasteiger partial charge in [-0.1, -0.05) is 27.7 Å². The number of nitrogens with zero attached hydrogens (tertiary/aromatic N) is 2. The van der Waals surface area contributed by atoms with Crippen LogP contribution in [0.15, 0.2) is 6.20 Å². The summed E-state index contributed by atoms with van der Waals surface area (Å²) in [4.78, 5) is 0. The Morgan fingerprint density at radius 1 is 1.27 bits per heavy atom. The van der Waals surface area contributed by atoms with Gasteiger partial charge >= 0.3 is 0 Å². The Morgan fingerprint density at radius 3 is 2.53 bits per heavy atom. The molecule has 15 heavy (non-hydrogen) atoms. The number of aryl methyl sites for hydroxylation is 2. The highest BCUT2D eigenvalue weighted by Crippen LogP contribution is 2.12. The Kier molecular flexibility index (Phi) is 4.86. The molecule has 0 aliphatic heterocycles. The van der Waals surface area contributed by atoms with E-state index in [1.165, 1.54) is 24.1 Å². The van der Waals surface area contributed by atoms with Gasteiger partial charge < -0.3 is 0 Å². The van der Waals surface area contributed by atoms with E-state index in [1.54, 1.807) is 0 Å². The standard InChI is InChI=1S/C13H24N2/c1-5-12-10-14-15(13(12)6-2)9-7-8-11(3)4/h10-11H,5-9H2,1-4H3. The molecule has 0 saturated heterocycles. The second kappa shape index (κ2) is 5.94. The van der Waals surface area contributed by atoms with Gasteiger partial charge in [0.15, 0.2) is 0 Å². The fourth-order valence-corrected chi connectivity index (χ4v) is 2.00. The molecule has 0 unspecified atom stereocenters. The van der Waals surface area contributed by atoms with Gasteiger partial charge in [-0.25, -0.2) is 0 Å². The van der Waals surface area contributed by atoms with Gasteiger partial charge in [0.2, 0.25) is 0 Å². The SMILES string of the molecule is CCc1cnn(CCCC(C)C)c1CC. The highest BCUT2D eigenvalue weighted by Gasteiger charge is 2.06. The molecule has 0 fully saturated rings. The molecular formula is C13H24N2. The lowest BCUT2D eigenvalue weighted by Crippen LogP contribution is -2.06. The highest BCUT2D eigenvalue weighted by atomic mass is 15.3. The van der Waals surface area contributed by atoms with Crippen LogP contribution in [0.3, 0.4) is 0 Å². The molecule has 0 spiro atoms. The molecule has 86 valence electrons. The fraction of sp³-hybridized carbons (Fsp3) is 0.769. The molecule has 1 aromatic rings. The van der Waals surface area contributed by atoms with Gasteiger partial charge in [0.05, 0.1) is 6.20 Å². The normalized spacial score (nSPS) is 11.3. The van der Waals surface area contributed by atoms with Crippen molar-refractivity contribution < 1.29 is 0 Å². The zero-order valence-electron chi connectivity index (χ0n) is 10.6. The summed E-state index contributed by atoms with van der Waals surface area (Å²) < 4.78 is 2.20. The molecule has 1 rings (SSSR count). The van der Waals surface area contributed by atoms with Crippen molar-refractivity contribution in [1.82, 2.24) is 9.78 Å². The summed E-state index contributed by atoms with van der Waals surface area (Å²) in [6.07, 6.45) is 6.78. The molecule has 0 amide bonds. The fourth-order valence-electron chi connectivity index (χ4n) is 2.00. The summed E-state index contributed by atoms with van der Waals surface area (Å²) in [6.45, 7) is 10.1. The van der Waals surface area contributed by atoms with Gasteiger partial charge in [0.1, 0.15) is 0 Å². The second-order valence-electron chi connectivity index (χ2n) is 4.58. The summed E-state index contributed by atoms with van der Waals surface area (Å²) in [7, 11) is 0. The lowest BCUT2D eigenvalue weighted by Gasteiger charge is -2.08. The Labute approximate surface area is 93.7 Å². The summed E-state index contributed by atoms with van der Waals surface area (Å²) in [5.74, 6) is 0.802. The van der Waals surface area contributed by atoms with E-state index >= 15 is 0 Å². The van der Waals surface area contributed by atoms with Crippen molar-refractivity contribution >= 4 is 0 Å². The van der Waals surface area contributed by atoms with Crippen LogP contribution in [0.25, 0.3) is 0 Å². The Hall–Kier alpha value is -0.790. The van der Waals surface area contributed by atoms with Crippen LogP contribution in [-0.2, 0) is 19.4 Å². The highest BCUT2D eigenvalue weighted by molar-refractivity contribution is 5.17. The number of rotatable bonds is 6. The van der Waals surface area contributed by atoms with E-state index in [0.717, 1.165) is 25.3 Å². The molecule has 1 heterocycles. The molecular weight excluding hydrogens is 184 g/mol. The molecule has 0 aliphatic carbocycles. The van der Waals surface area contributed by atoms with Crippen LogP contribution in [-0.4, -0.2) is 9.78 Å². The average molecular weight is 208 g/mol. The Morgan fingerprint density at radius 2 is 2.00 bits per heavy atom. The van der Waals surface area contributed by atoms with E-state index in [4.69, 9.17) is 0 Å². The molecule has 0 atom stereocenters. The topological polar surface area (TPSA) is 17.8 Å². The predicted octanol–water partition coefficient (Wildman–Crippen LogP) is 3.44. The van der Waals surface area contributed by atoms with Crippen LogP contribution in [0.5, 0.6) is 0 Å². The molecule has 0 aliphatic rings. The quantitative estimate of drug-likeness (QED) is 0.700. The third-order valence-electron chi connectivity index (χ3n) is 2.90. The Bertz CT molecular complexity index is 287. The monoisotopic (exact) mass is 208 g/mol. The minimum Gasteiger partial charge on any atom is -0.269 e. The summed E-state index contributed by atoms with van der Waals surface area (Å²) in [5.41, 5.74) is 2.85. The molecule has 1 aromatic heterocycles. The number of aromatic nitrogens is 2. The summed E-state index contributed by atoms with van der Waals surface area (Å²) >= 11 is 0. The summed E-state index contributed by atoms with van der Waals surface area (Å²) in [6, 6.07) is 0. The first-order valence-electron chi connectivity index (χ1n) is 6.22. The molecule has 0 aromatic carbocycles. The van der Waals surface area contributed by atoms with Crippen molar-refractivity contribution in [2.24, 2.45) is 5.92 Å². The third kappa shape index (κ3) is 3.37. The van der Waals surface area contributed by atoms with Gasteiger partial charge in [-0.2, -0.15) is 5.10 Å². The Balaban J connectivity index is 2.56. The van der Waals surface area contributed by atoms with Crippen LogP contribution in [0, 0.1) is 5.92 Å². The maximum atomic E-state index is 4.47. The zero-order chi connectivity index (χ0) is 11.3. The first-order valence-corrected chi connectivity index (χ1v) is 6.22. The number of hydrogen-bond acceptors (Lipinski definition) is 1. The second-order valence-corrected chi connectivity index (χ2v) is 4.58.